The summed E-state index contributed by atoms with van der Waals surface area (Å²) in [6, 6.07) is 9.90. The number of thiophene rings is 1. The summed E-state index contributed by atoms with van der Waals surface area (Å²) in [7, 11) is 1.62. The van der Waals surface area contributed by atoms with Crippen molar-refractivity contribution in [3.8, 4) is 23.2 Å². The summed E-state index contributed by atoms with van der Waals surface area (Å²) >= 11 is 2.84. The Bertz CT molecular complexity index is 1220. The van der Waals surface area contributed by atoms with Crippen LogP contribution in [0.2, 0.25) is 0 Å². The van der Waals surface area contributed by atoms with Gasteiger partial charge in [-0.05, 0) is 42.9 Å². The van der Waals surface area contributed by atoms with Crippen LogP contribution in [0.4, 0.5) is 5.00 Å². The lowest BCUT2D eigenvalue weighted by molar-refractivity contribution is -0.113. The van der Waals surface area contributed by atoms with Gasteiger partial charge in [0.1, 0.15) is 16.8 Å². The first-order chi connectivity index (χ1) is 16.0. The summed E-state index contributed by atoms with van der Waals surface area (Å²) in [4.78, 5) is 14.0. The highest BCUT2D eigenvalue weighted by Crippen LogP contribution is 2.39. The third-order valence-electron chi connectivity index (χ3n) is 5.59. The standard InChI is InChI=1S/C24H25N5O2S2/c1-4-11-29-22(17-7-5-6-8-19(17)31-3)27-28-24(29)32-14-21(30)26-23-18(13-25)16-10-9-15(2)12-20(16)33-23/h4-8,15H,1,9-12,14H2,2-3H3,(H,26,30)/t15-/m0/s1. The van der Waals surface area contributed by atoms with Gasteiger partial charge in [-0.25, -0.2) is 0 Å². The minimum absolute atomic E-state index is 0.158. The molecule has 0 radical (unpaired) electrons. The lowest BCUT2D eigenvalue weighted by atomic mass is 9.89. The second-order valence-corrected chi connectivity index (χ2v) is 9.96. The van der Waals surface area contributed by atoms with Crippen molar-refractivity contribution in [3.63, 3.8) is 0 Å². The normalized spacial score (nSPS) is 14.9. The van der Waals surface area contributed by atoms with Gasteiger partial charge in [0.2, 0.25) is 5.91 Å². The first kappa shape index (κ1) is 23.1. The third-order valence-corrected chi connectivity index (χ3v) is 7.72. The SMILES string of the molecule is C=CCn1c(SCC(=O)Nc2sc3c(c2C#N)CC[C@H](C)C3)nnc1-c1ccccc1OC. The Morgan fingerprint density at radius 3 is 3.03 bits per heavy atom. The van der Waals surface area contributed by atoms with Crippen LogP contribution >= 0.6 is 23.1 Å². The molecule has 2 aromatic heterocycles. The first-order valence-corrected chi connectivity index (χ1v) is 12.5. The fraction of sp³-hybridized carbons (Fsp3) is 0.333. The van der Waals surface area contributed by atoms with Crippen molar-refractivity contribution in [2.45, 2.75) is 37.9 Å². The molecule has 0 saturated heterocycles. The van der Waals surface area contributed by atoms with Crippen LogP contribution in [-0.2, 0) is 24.2 Å². The van der Waals surface area contributed by atoms with Crippen LogP contribution in [-0.4, -0.2) is 33.5 Å². The van der Waals surface area contributed by atoms with Crippen molar-refractivity contribution in [2.75, 3.05) is 18.2 Å². The molecular formula is C24H25N5O2S2. The van der Waals surface area contributed by atoms with Crippen molar-refractivity contribution in [2.24, 2.45) is 5.92 Å². The number of ether oxygens (including phenoxy) is 1. The highest BCUT2D eigenvalue weighted by Gasteiger charge is 2.25. The van der Waals surface area contributed by atoms with E-state index in [-0.39, 0.29) is 11.7 Å². The number of allylic oxidation sites excluding steroid dienone is 1. The average Bonchev–Trinajstić information content (AvgIpc) is 3.37. The molecule has 9 heteroatoms. The van der Waals surface area contributed by atoms with Gasteiger partial charge < -0.3 is 10.1 Å². The van der Waals surface area contributed by atoms with E-state index < -0.39 is 0 Å². The van der Waals surface area contributed by atoms with Gasteiger partial charge in [0.25, 0.3) is 0 Å². The van der Waals surface area contributed by atoms with E-state index in [9.17, 15) is 10.1 Å². The van der Waals surface area contributed by atoms with Gasteiger partial charge in [0.15, 0.2) is 11.0 Å². The molecule has 33 heavy (non-hydrogen) atoms. The van der Waals surface area contributed by atoms with Gasteiger partial charge >= 0.3 is 0 Å². The number of anilines is 1. The smallest absolute Gasteiger partial charge is 0.235 e. The predicted molar refractivity (Wildman–Crippen MR) is 132 cm³/mol. The van der Waals surface area contributed by atoms with Crippen LogP contribution in [0.5, 0.6) is 5.75 Å². The number of carbonyl (C=O) groups excluding carboxylic acids is 1. The first-order valence-electron chi connectivity index (χ1n) is 10.7. The number of hydrogen-bond acceptors (Lipinski definition) is 7. The van der Waals surface area contributed by atoms with Gasteiger partial charge in [0, 0.05) is 11.4 Å². The van der Waals surface area contributed by atoms with Gasteiger partial charge in [-0.15, -0.1) is 28.1 Å². The third kappa shape index (κ3) is 4.82. The number of nitrogens with one attached hydrogen (secondary N) is 1. The molecule has 1 aliphatic rings. The summed E-state index contributed by atoms with van der Waals surface area (Å²) in [5, 5.41) is 22.5. The Labute approximate surface area is 201 Å². The minimum Gasteiger partial charge on any atom is -0.496 e. The fourth-order valence-electron chi connectivity index (χ4n) is 3.97. The number of methoxy groups -OCH3 is 1. The van der Waals surface area contributed by atoms with Crippen LogP contribution < -0.4 is 10.1 Å². The summed E-state index contributed by atoms with van der Waals surface area (Å²) in [6.07, 6.45) is 4.71. The molecule has 0 bridgehead atoms. The zero-order valence-electron chi connectivity index (χ0n) is 18.6. The molecule has 2 heterocycles. The second kappa shape index (κ2) is 10.2. The molecule has 0 fully saturated rings. The van der Waals surface area contributed by atoms with Crippen molar-refractivity contribution < 1.29 is 9.53 Å². The lowest BCUT2D eigenvalue weighted by Crippen LogP contribution is -2.15. The van der Waals surface area contributed by atoms with Gasteiger partial charge in [-0.1, -0.05) is 36.9 Å². The quantitative estimate of drug-likeness (QED) is 0.364. The molecule has 0 saturated carbocycles. The predicted octanol–water partition coefficient (Wildman–Crippen LogP) is 4.93. The largest absolute Gasteiger partial charge is 0.496 e. The molecule has 7 nitrogen and oxygen atoms in total. The van der Waals surface area contributed by atoms with Gasteiger partial charge in [-0.3, -0.25) is 9.36 Å². The van der Waals surface area contributed by atoms with Crippen LogP contribution in [0.1, 0.15) is 29.3 Å². The number of nitrogens with zero attached hydrogens (tertiary/aromatic N) is 4. The highest BCUT2D eigenvalue weighted by molar-refractivity contribution is 7.99. The molecule has 1 N–H and O–H groups in total. The van der Waals surface area contributed by atoms with E-state index in [0.29, 0.717) is 39.8 Å². The number of carbonyl (C=O) groups is 1. The average molecular weight is 480 g/mol. The van der Waals surface area contributed by atoms with Gasteiger partial charge in [0.05, 0.1) is 24.0 Å². The number of thioether (sulfide) groups is 1. The monoisotopic (exact) mass is 479 g/mol. The van der Waals surface area contributed by atoms with Crippen LogP contribution in [0, 0.1) is 17.2 Å². The Kier molecular flexibility index (Phi) is 7.16. The zero-order valence-corrected chi connectivity index (χ0v) is 20.3. The molecule has 1 amide bonds. The van der Waals surface area contributed by atoms with E-state index in [2.05, 4.69) is 35.1 Å². The van der Waals surface area contributed by atoms with E-state index in [1.165, 1.54) is 28.0 Å². The van der Waals surface area contributed by atoms with E-state index in [1.807, 2.05) is 28.8 Å². The molecule has 0 unspecified atom stereocenters. The van der Waals surface area contributed by atoms with Crippen LogP contribution in [0.25, 0.3) is 11.4 Å². The van der Waals surface area contributed by atoms with E-state index in [0.717, 1.165) is 30.4 Å². The second-order valence-electron chi connectivity index (χ2n) is 7.91. The Hall–Kier alpha value is -3.09. The zero-order chi connectivity index (χ0) is 23.4. The van der Waals surface area contributed by atoms with Gasteiger partial charge in [-0.2, -0.15) is 5.26 Å². The van der Waals surface area contributed by atoms with Crippen LogP contribution in [0.3, 0.4) is 0 Å². The molecule has 1 aliphatic carbocycles. The van der Waals surface area contributed by atoms with E-state index in [4.69, 9.17) is 4.74 Å². The number of benzene rings is 1. The maximum Gasteiger partial charge on any atom is 0.235 e. The highest BCUT2D eigenvalue weighted by atomic mass is 32.2. The van der Waals surface area contributed by atoms with E-state index in [1.54, 1.807) is 13.2 Å². The number of hydrogen-bond donors (Lipinski definition) is 1. The lowest BCUT2D eigenvalue weighted by Gasteiger charge is -2.17. The summed E-state index contributed by atoms with van der Waals surface area (Å²) < 4.78 is 7.38. The maximum absolute atomic E-state index is 12.7. The van der Waals surface area contributed by atoms with Crippen molar-refractivity contribution >= 4 is 34.0 Å². The number of nitriles is 1. The molecule has 0 spiro atoms. The Balaban J connectivity index is 1.50. The summed E-state index contributed by atoms with van der Waals surface area (Å²) in [5.41, 5.74) is 2.55. The Morgan fingerprint density at radius 2 is 2.27 bits per heavy atom. The summed E-state index contributed by atoms with van der Waals surface area (Å²) in [5.74, 6) is 1.95. The van der Waals surface area contributed by atoms with Crippen molar-refractivity contribution in [1.82, 2.24) is 14.8 Å². The number of fused-ring (bicyclic) bond motifs is 1. The number of amides is 1. The Morgan fingerprint density at radius 1 is 1.45 bits per heavy atom. The molecule has 3 aromatic rings. The number of para-hydroxylation sites is 1. The molecule has 4 rings (SSSR count). The number of rotatable bonds is 8. The molecule has 1 atom stereocenters. The fourth-order valence-corrected chi connectivity index (χ4v) is 6.09. The molecular weight excluding hydrogens is 454 g/mol. The molecule has 0 aliphatic heterocycles. The van der Waals surface area contributed by atoms with Crippen molar-refractivity contribution in [1.29, 1.82) is 5.26 Å². The van der Waals surface area contributed by atoms with Crippen molar-refractivity contribution in [3.05, 3.63) is 52.9 Å². The van der Waals surface area contributed by atoms with Crippen LogP contribution in [0.15, 0.2) is 42.1 Å². The van der Waals surface area contributed by atoms with E-state index >= 15 is 0 Å². The molecule has 170 valence electrons. The topological polar surface area (TPSA) is 92.8 Å². The number of aromatic nitrogens is 3. The maximum atomic E-state index is 12.7. The summed E-state index contributed by atoms with van der Waals surface area (Å²) in [6.45, 7) is 6.56. The molecule has 1 aromatic carbocycles. The minimum atomic E-state index is -0.171.